The van der Waals surface area contributed by atoms with Crippen LogP contribution >= 0.6 is 15.9 Å². The van der Waals surface area contributed by atoms with Crippen LogP contribution in [0.15, 0.2) is 22.7 Å². The van der Waals surface area contributed by atoms with Gasteiger partial charge in [-0.15, -0.1) is 0 Å². The molecule has 4 nitrogen and oxygen atoms in total. The molecule has 0 fully saturated rings. The minimum atomic E-state index is 0.0801. The number of nitrogens with zero attached hydrogens (tertiary/aromatic N) is 1. The molecule has 0 radical (unpaired) electrons. The first kappa shape index (κ1) is 14.2. The predicted octanol–water partition coefficient (Wildman–Crippen LogP) is 1.71. The van der Waals surface area contributed by atoms with Crippen molar-refractivity contribution in [2.24, 2.45) is 0 Å². The first-order chi connectivity index (χ1) is 8.22. The van der Waals surface area contributed by atoms with Crippen LogP contribution in [0.2, 0.25) is 0 Å². The van der Waals surface area contributed by atoms with E-state index < -0.39 is 0 Å². The molecular formula is C12H16BrNO3. The number of ether oxygens (including phenoxy) is 1. The van der Waals surface area contributed by atoms with E-state index in [4.69, 9.17) is 9.84 Å². The smallest absolute Gasteiger partial charge is 0.151 e. The monoisotopic (exact) mass is 301 g/mol. The number of hydrogen-bond donors (Lipinski definition) is 1. The van der Waals surface area contributed by atoms with Crippen molar-refractivity contribution in [2.45, 2.75) is 0 Å². The van der Waals surface area contributed by atoms with Gasteiger partial charge in [-0.25, -0.2) is 0 Å². The van der Waals surface area contributed by atoms with Gasteiger partial charge in [-0.1, -0.05) is 0 Å². The quantitative estimate of drug-likeness (QED) is 0.779. The highest BCUT2D eigenvalue weighted by Crippen LogP contribution is 2.23. The van der Waals surface area contributed by atoms with E-state index in [1.807, 2.05) is 17.0 Å². The van der Waals surface area contributed by atoms with Crippen LogP contribution in [0.5, 0.6) is 0 Å². The lowest BCUT2D eigenvalue weighted by molar-refractivity contribution is 0.112. The number of methoxy groups -OCH3 is 1. The summed E-state index contributed by atoms with van der Waals surface area (Å²) in [6.45, 7) is 1.91. The minimum Gasteiger partial charge on any atom is -0.395 e. The first-order valence-corrected chi connectivity index (χ1v) is 6.11. The zero-order valence-electron chi connectivity index (χ0n) is 9.73. The maximum Gasteiger partial charge on any atom is 0.151 e. The fourth-order valence-corrected chi connectivity index (χ4v) is 1.96. The second-order valence-corrected chi connectivity index (χ2v) is 4.38. The molecule has 0 atom stereocenters. The molecule has 0 spiro atoms. The molecule has 0 unspecified atom stereocenters. The van der Waals surface area contributed by atoms with Gasteiger partial charge in [0.2, 0.25) is 0 Å². The Morgan fingerprint density at radius 1 is 1.47 bits per heavy atom. The molecule has 0 saturated heterocycles. The number of aliphatic hydroxyl groups is 1. The van der Waals surface area contributed by atoms with Crippen LogP contribution in [-0.2, 0) is 4.74 Å². The maximum atomic E-state index is 10.7. The lowest BCUT2D eigenvalue weighted by atomic mass is 10.2. The third-order valence-electron chi connectivity index (χ3n) is 2.41. The topological polar surface area (TPSA) is 49.8 Å². The van der Waals surface area contributed by atoms with Crippen molar-refractivity contribution >= 4 is 27.9 Å². The van der Waals surface area contributed by atoms with Gasteiger partial charge in [0.1, 0.15) is 0 Å². The Morgan fingerprint density at radius 2 is 2.24 bits per heavy atom. The fraction of sp³-hybridized carbons (Fsp3) is 0.417. The van der Waals surface area contributed by atoms with Crippen molar-refractivity contribution in [3.63, 3.8) is 0 Å². The van der Waals surface area contributed by atoms with Crippen LogP contribution in [0.3, 0.4) is 0 Å². The maximum absolute atomic E-state index is 10.7. The fourth-order valence-electron chi connectivity index (χ4n) is 1.50. The summed E-state index contributed by atoms with van der Waals surface area (Å²) in [4.78, 5) is 12.7. The molecule has 1 N–H and O–H groups in total. The van der Waals surface area contributed by atoms with Crippen LogP contribution < -0.4 is 4.90 Å². The van der Waals surface area contributed by atoms with Crippen molar-refractivity contribution in [3.05, 3.63) is 28.2 Å². The van der Waals surface area contributed by atoms with Crippen LogP contribution in [0.25, 0.3) is 0 Å². The van der Waals surface area contributed by atoms with E-state index in [-0.39, 0.29) is 6.61 Å². The van der Waals surface area contributed by atoms with Crippen molar-refractivity contribution < 1.29 is 14.6 Å². The third kappa shape index (κ3) is 4.11. The minimum absolute atomic E-state index is 0.0801. The van der Waals surface area contributed by atoms with E-state index in [0.717, 1.165) is 16.4 Å². The first-order valence-electron chi connectivity index (χ1n) is 5.32. The van der Waals surface area contributed by atoms with Gasteiger partial charge in [0.05, 0.1) is 13.2 Å². The average molecular weight is 302 g/mol. The number of aliphatic hydroxyl groups excluding tert-OH is 1. The zero-order chi connectivity index (χ0) is 12.7. The van der Waals surface area contributed by atoms with Gasteiger partial charge < -0.3 is 14.7 Å². The summed E-state index contributed by atoms with van der Waals surface area (Å²) in [6, 6.07) is 5.48. The number of rotatable bonds is 7. The van der Waals surface area contributed by atoms with E-state index in [1.54, 1.807) is 13.2 Å². The normalized spacial score (nSPS) is 10.3. The summed E-state index contributed by atoms with van der Waals surface area (Å²) in [5.74, 6) is 0. The highest BCUT2D eigenvalue weighted by molar-refractivity contribution is 9.10. The van der Waals surface area contributed by atoms with E-state index in [2.05, 4.69) is 15.9 Å². The Labute approximate surface area is 109 Å². The summed E-state index contributed by atoms with van der Waals surface area (Å²) in [7, 11) is 1.64. The lowest BCUT2D eigenvalue weighted by Crippen LogP contribution is -2.30. The molecule has 17 heavy (non-hydrogen) atoms. The van der Waals surface area contributed by atoms with Gasteiger partial charge >= 0.3 is 0 Å². The Bertz CT molecular complexity index is 371. The molecule has 1 aromatic carbocycles. The summed E-state index contributed by atoms with van der Waals surface area (Å²) < 4.78 is 5.78. The van der Waals surface area contributed by atoms with E-state index >= 15 is 0 Å². The van der Waals surface area contributed by atoms with E-state index in [9.17, 15) is 4.79 Å². The van der Waals surface area contributed by atoms with Crippen molar-refractivity contribution in [3.8, 4) is 0 Å². The molecular weight excluding hydrogens is 286 g/mol. The largest absolute Gasteiger partial charge is 0.395 e. The van der Waals surface area contributed by atoms with Crippen molar-refractivity contribution in [2.75, 3.05) is 38.3 Å². The standard InChI is InChI=1S/C12H16BrNO3/c1-17-7-5-14(4-6-15)11-3-2-10(9-16)12(13)8-11/h2-3,8-9,15H,4-7H2,1H3. The molecule has 1 rings (SSSR count). The molecule has 0 saturated carbocycles. The lowest BCUT2D eigenvalue weighted by Gasteiger charge is -2.24. The highest BCUT2D eigenvalue weighted by atomic mass is 79.9. The Balaban J connectivity index is 2.85. The molecule has 0 amide bonds. The summed E-state index contributed by atoms with van der Waals surface area (Å²) in [5, 5.41) is 9.02. The molecule has 5 heteroatoms. The number of aldehydes is 1. The Hall–Kier alpha value is -0.910. The molecule has 0 aliphatic rings. The van der Waals surface area contributed by atoms with Gasteiger partial charge in [0.25, 0.3) is 0 Å². The van der Waals surface area contributed by atoms with Gasteiger partial charge in [0, 0.05) is 35.9 Å². The predicted molar refractivity (Wildman–Crippen MR) is 70.7 cm³/mol. The molecule has 0 bridgehead atoms. The SMILES string of the molecule is COCCN(CCO)c1ccc(C=O)c(Br)c1. The number of hydrogen-bond acceptors (Lipinski definition) is 4. The molecule has 0 aliphatic carbocycles. The number of anilines is 1. The molecule has 0 aliphatic heterocycles. The van der Waals surface area contributed by atoms with Crippen LogP contribution in [0, 0.1) is 0 Å². The third-order valence-corrected chi connectivity index (χ3v) is 3.10. The number of carbonyl (C=O) groups excluding carboxylic acids is 1. The van der Waals surface area contributed by atoms with Gasteiger partial charge in [-0.05, 0) is 34.1 Å². The number of halogens is 1. The van der Waals surface area contributed by atoms with Gasteiger partial charge in [-0.2, -0.15) is 0 Å². The van der Waals surface area contributed by atoms with Gasteiger partial charge in [-0.3, -0.25) is 4.79 Å². The summed E-state index contributed by atoms with van der Waals surface area (Å²) in [6.07, 6.45) is 0.805. The van der Waals surface area contributed by atoms with E-state index in [0.29, 0.717) is 25.3 Å². The number of benzene rings is 1. The molecule has 0 heterocycles. The Morgan fingerprint density at radius 3 is 2.76 bits per heavy atom. The molecule has 94 valence electrons. The Kier molecular flexibility index (Phi) is 6.18. The van der Waals surface area contributed by atoms with Crippen molar-refractivity contribution in [1.82, 2.24) is 0 Å². The molecule has 0 aromatic heterocycles. The summed E-state index contributed by atoms with van der Waals surface area (Å²) in [5.41, 5.74) is 1.57. The van der Waals surface area contributed by atoms with E-state index in [1.165, 1.54) is 0 Å². The second-order valence-electron chi connectivity index (χ2n) is 3.53. The van der Waals surface area contributed by atoms with Crippen molar-refractivity contribution in [1.29, 1.82) is 0 Å². The number of carbonyl (C=O) groups is 1. The van der Waals surface area contributed by atoms with Crippen LogP contribution in [0.1, 0.15) is 10.4 Å². The van der Waals surface area contributed by atoms with Crippen LogP contribution in [0.4, 0.5) is 5.69 Å². The summed E-state index contributed by atoms with van der Waals surface area (Å²) >= 11 is 3.34. The highest BCUT2D eigenvalue weighted by Gasteiger charge is 2.08. The average Bonchev–Trinajstić information content (AvgIpc) is 2.34. The van der Waals surface area contributed by atoms with Crippen LogP contribution in [-0.4, -0.2) is 44.8 Å². The van der Waals surface area contributed by atoms with Gasteiger partial charge in [0.15, 0.2) is 6.29 Å². The second kappa shape index (κ2) is 7.42. The zero-order valence-corrected chi connectivity index (χ0v) is 11.3. The molecule has 1 aromatic rings.